The van der Waals surface area contributed by atoms with Crippen LogP contribution in [-0.4, -0.2) is 49.6 Å². The maximum absolute atomic E-state index is 12.1. The van der Waals surface area contributed by atoms with E-state index in [0.29, 0.717) is 6.54 Å². The van der Waals surface area contributed by atoms with Crippen LogP contribution in [0.2, 0.25) is 0 Å². The molecule has 0 spiro atoms. The molecule has 2 rings (SSSR count). The fourth-order valence-electron chi connectivity index (χ4n) is 2.58. The Bertz CT molecular complexity index is 441. The van der Waals surface area contributed by atoms with Gasteiger partial charge in [-0.25, -0.2) is 0 Å². The second-order valence-electron chi connectivity index (χ2n) is 5.49. The van der Waals surface area contributed by atoms with Crippen molar-refractivity contribution in [3.05, 3.63) is 35.4 Å². The molecule has 0 saturated carbocycles. The normalized spacial score (nSPS) is 17.7. The summed E-state index contributed by atoms with van der Waals surface area (Å²) in [4.78, 5) is 14.4. The average Bonchev–Trinajstić information content (AvgIpc) is 2.47. The molecule has 2 N–H and O–H groups in total. The highest BCUT2D eigenvalue weighted by Gasteiger charge is 2.21. The van der Waals surface area contributed by atoms with E-state index in [1.165, 1.54) is 11.1 Å². The van der Waals surface area contributed by atoms with Gasteiger partial charge in [-0.1, -0.05) is 29.8 Å². The molecule has 1 aromatic rings. The van der Waals surface area contributed by atoms with E-state index in [1.54, 1.807) is 0 Å². The standard InChI is InChI=1S/C16H25N3O/c1-13-4-3-5-15(12-13)6-7-18-16(20)14(2)19-10-8-17-9-11-19/h3-5,12,14,17H,6-11H2,1-2H3,(H,18,20). The van der Waals surface area contributed by atoms with Crippen LogP contribution >= 0.6 is 0 Å². The molecule has 1 heterocycles. The maximum Gasteiger partial charge on any atom is 0.237 e. The molecule has 1 aliphatic heterocycles. The average molecular weight is 275 g/mol. The third-order valence-corrected chi connectivity index (χ3v) is 3.87. The molecule has 1 fully saturated rings. The molecular weight excluding hydrogens is 250 g/mol. The Morgan fingerprint density at radius 3 is 2.85 bits per heavy atom. The quantitative estimate of drug-likeness (QED) is 0.841. The fourth-order valence-corrected chi connectivity index (χ4v) is 2.58. The summed E-state index contributed by atoms with van der Waals surface area (Å²) in [7, 11) is 0. The van der Waals surface area contributed by atoms with Crippen molar-refractivity contribution in [3.8, 4) is 0 Å². The van der Waals surface area contributed by atoms with Crippen molar-refractivity contribution < 1.29 is 4.79 Å². The van der Waals surface area contributed by atoms with Crippen LogP contribution in [-0.2, 0) is 11.2 Å². The minimum Gasteiger partial charge on any atom is -0.354 e. The van der Waals surface area contributed by atoms with Gasteiger partial charge in [0, 0.05) is 32.7 Å². The van der Waals surface area contributed by atoms with E-state index in [1.807, 2.05) is 6.92 Å². The highest BCUT2D eigenvalue weighted by molar-refractivity contribution is 5.81. The largest absolute Gasteiger partial charge is 0.354 e. The van der Waals surface area contributed by atoms with Gasteiger partial charge in [0.1, 0.15) is 0 Å². The van der Waals surface area contributed by atoms with Crippen LogP contribution in [0.3, 0.4) is 0 Å². The van der Waals surface area contributed by atoms with Crippen molar-refractivity contribution in [1.29, 1.82) is 0 Å². The third kappa shape index (κ3) is 4.32. The topological polar surface area (TPSA) is 44.4 Å². The first-order valence-electron chi connectivity index (χ1n) is 7.45. The summed E-state index contributed by atoms with van der Waals surface area (Å²) in [6.07, 6.45) is 0.891. The summed E-state index contributed by atoms with van der Waals surface area (Å²) in [6.45, 7) is 8.64. The van der Waals surface area contributed by atoms with Gasteiger partial charge < -0.3 is 10.6 Å². The van der Waals surface area contributed by atoms with Gasteiger partial charge >= 0.3 is 0 Å². The van der Waals surface area contributed by atoms with E-state index in [-0.39, 0.29) is 11.9 Å². The second-order valence-corrected chi connectivity index (χ2v) is 5.49. The highest BCUT2D eigenvalue weighted by atomic mass is 16.2. The van der Waals surface area contributed by atoms with Crippen LogP contribution in [0.5, 0.6) is 0 Å². The smallest absolute Gasteiger partial charge is 0.237 e. The van der Waals surface area contributed by atoms with Crippen LogP contribution in [0.25, 0.3) is 0 Å². The zero-order chi connectivity index (χ0) is 14.4. The molecule has 1 amide bonds. The number of hydrogen-bond acceptors (Lipinski definition) is 3. The van der Waals surface area contributed by atoms with E-state index in [2.05, 4.69) is 46.7 Å². The monoisotopic (exact) mass is 275 g/mol. The van der Waals surface area contributed by atoms with Crippen molar-refractivity contribution in [1.82, 2.24) is 15.5 Å². The van der Waals surface area contributed by atoms with Crippen molar-refractivity contribution in [2.75, 3.05) is 32.7 Å². The molecule has 1 atom stereocenters. The van der Waals surface area contributed by atoms with Gasteiger partial charge in [0.15, 0.2) is 0 Å². The molecular formula is C16H25N3O. The molecule has 0 aromatic heterocycles. The zero-order valence-corrected chi connectivity index (χ0v) is 12.5. The number of amides is 1. The highest BCUT2D eigenvalue weighted by Crippen LogP contribution is 2.05. The molecule has 0 aliphatic carbocycles. The Morgan fingerprint density at radius 2 is 2.15 bits per heavy atom. The molecule has 1 aliphatic rings. The summed E-state index contributed by atoms with van der Waals surface area (Å²) in [5.41, 5.74) is 2.54. The van der Waals surface area contributed by atoms with E-state index in [4.69, 9.17) is 0 Å². The van der Waals surface area contributed by atoms with Gasteiger partial charge in [-0.15, -0.1) is 0 Å². The van der Waals surface area contributed by atoms with Crippen LogP contribution in [0.1, 0.15) is 18.1 Å². The van der Waals surface area contributed by atoms with Gasteiger partial charge in [0.2, 0.25) is 5.91 Å². The van der Waals surface area contributed by atoms with Crippen LogP contribution in [0, 0.1) is 6.92 Å². The molecule has 110 valence electrons. The second kappa shape index (κ2) is 7.41. The Balaban J connectivity index is 1.74. The molecule has 20 heavy (non-hydrogen) atoms. The van der Waals surface area contributed by atoms with E-state index in [0.717, 1.165) is 32.6 Å². The number of piperazine rings is 1. The first-order chi connectivity index (χ1) is 9.66. The predicted molar refractivity (Wildman–Crippen MR) is 81.8 cm³/mol. The number of carbonyl (C=O) groups excluding carboxylic acids is 1. The SMILES string of the molecule is Cc1cccc(CCNC(=O)C(C)N2CCNCC2)c1. The number of benzene rings is 1. The Kier molecular flexibility index (Phi) is 5.56. The van der Waals surface area contributed by atoms with Crippen molar-refractivity contribution in [3.63, 3.8) is 0 Å². The number of rotatable bonds is 5. The van der Waals surface area contributed by atoms with Crippen molar-refractivity contribution >= 4 is 5.91 Å². The first-order valence-corrected chi connectivity index (χ1v) is 7.45. The molecule has 4 heteroatoms. The van der Waals surface area contributed by atoms with E-state index < -0.39 is 0 Å². The lowest BCUT2D eigenvalue weighted by Crippen LogP contribution is -2.52. The molecule has 1 aromatic carbocycles. The lowest BCUT2D eigenvalue weighted by atomic mass is 10.1. The van der Waals surface area contributed by atoms with Gasteiger partial charge in [0.25, 0.3) is 0 Å². The maximum atomic E-state index is 12.1. The van der Waals surface area contributed by atoms with Gasteiger partial charge in [0.05, 0.1) is 6.04 Å². The Hall–Kier alpha value is -1.39. The number of aryl methyl sites for hydroxylation is 1. The van der Waals surface area contributed by atoms with Gasteiger partial charge in [-0.2, -0.15) is 0 Å². The summed E-state index contributed by atoms with van der Waals surface area (Å²) >= 11 is 0. The van der Waals surface area contributed by atoms with Gasteiger partial charge in [-0.3, -0.25) is 9.69 Å². The summed E-state index contributed by atoms with van der Waals surface area (Å²) in [6, 6.07) is 8.41. The summed E-state index contributed by atoms with van der Waals surface area (Å²) < 4.78 is 0. The van der Waals surface area contributed by atoms with Gasteiger partial charge in [-0.05, 0) is 25.8 Å². The minimum absolute atomic E-state index is 0.0328. The molecule has 0 radical (unpaired) electrons. The molecule has 4 nitrogen and oxygen atoms in total. The summed E-state index contributed by atoms with van der Waals surface area (Å²) in [5.74, 6) is 0.138. The van der Waals surface area contributed by atoms with E-state index in [9.17, 15) is 4.79 Å². The van der Waals surface area contributed by atoms with Crippen molar-refractivity contribution in [2.45, 2.75) is 26.3 Å². The molecule has 1 saturated heterocycles. The van der Waals surface area contributed by atoms with Crippen LogP contribution in [0.4, 0.5) is 0 Å². The number of carbonyl (C=O) groups is 1. The number of nitrogens with one attached hydrogen (secondary N) is 2. The van der Waals surface area contributed by atoms with Crippen LogP contribution in [0.15, 0.2) is 24.3 Å². The molecule has 0 bridgehead atoms. The van der Waals surface area contributed by atoms with E-state index >= 15 is 0 Å². The fraction of sp³-hybridized carbons (Fsp3) is 0.562. The first kappa shape index (κ1) is 15.0. The molecule has 1 unspecified atom stereocenters. The predicted octanol–water partition coefficient (Wildman–Crippen LogP) is 0.947. The third-order valence-electron chi connectivity index (χ3n) is 3.87. The minimum atomic E-state index is -0.0328. The Morgan fingerprint density at radius 1 is 1.40 bits per heavy atom. The van der Waals surface area contributed by atoms with Crippen LogP contribution < -0.4 is 10.6 Å². The lowest BCUT2D eigenvalue weighted by molar-refractivity contribution is -0.126. The number of nitrogens with zero attached hydrogens (tertiary/aromatic N) is 1. The summed E-state index contributed by atoms with van der Waals surface area (Å²) in [5, 5.41) is 6.35. The Labute approximate surface area is 121 Å². The number of hydrogen-bond donors (Lipinski definition) is 2. The zero-order valence-electron chi connectivity index (χ0n) is 12.5. The lowest BCUT2D eigenvalue weighted by Gasteiger charge is -2.31. The van der Waals surface area contributed by atoms with Crippen molar-refractivity contribution in [2.24, 2.45) is 0 Å².